The van der Waals surface area contributed by atoms with Crippen LogP contribution in [0.3, 0.4) is 0 Å². The van der Waals surface area contributed by atoms with Crippen LogP contribution in [0.5, 0.6) is 0 Å². The smallest absolute Gasteiger partial charge is 0.0997 e. The second kappa shape index (κ2) is 2.20. The van der Waals surface area contributed by atoms with Crippen LogP contribution in [0.2, 0.25) is 0 Å². The van der Waals surface area contributed by atoms with Gasteiger partial charge in [-0.25, -0.2) is 0 Å². The third-order valence-corrected chi connectivity index (χ3v) is 3.06. The summed E-state index contributed by atoms with van der Waals surface area (Å²) < 4.78 is 5.60. The molecule has 0 aromatic carbocycles. The molecule has 64 valence electrons. The Morgan fingerprint density at radius 1 is 1.55 bits per heavy atom. The summed E-state index contributed by atoms with van der Waals surface area (Å²) in [5.74, 6) is 0. The Hall–Kier alpha value is -0.0800. The first-order valence-corrected chi connectivity index (χ1v) is 4.54. The van der Waals surface area contributed by atoms with Gasteiger partial charge in [0.15, 0.2) is 0 Å². The van der Waals surface area contributed by atoms with Gasteiger partial charge in [-0.05, 0) is 27.2 Å². The van der Waals surface area contributed by atoms with E-state index in [9.17, 15) is 0 Å². The van der Waals surface area contributed by atoms with E-state index in [1.165, 1.54) is 13.0 Å². The molecule has 2 heterocycles. The molecule has 0 spiro atoms. The molecule has 2 nitrogen and oxygen atoms in total. The van der Waals surface area contributed by atoms with Crippen molar-refractivity contribution in [3.63, 3.8) is 0 Å². The minimum Gasteiger partial charge on any atom is -0.365 e. The van der Waals surface area contributed by atoms with Crippen LogP contribution in [0.4, 0.5) is 0 Å². The summed E-state index contributed by atoms with van der Waals surface area (Å²) in [5.41, 5.74) is 0.269. The Balaban J connectivity index is 1.93. The molecule has 0 unspecified atom stereocenters. The van der Waals surface area contributed by atoms with Crippen molar-refractivity contribution in [1.82, 2.24) is 4.90 Å². The van der Waals surface area contributed by atoms with Gasteiger partial charge in [0.1, 0.15) is 0 Å². The molecular formula is C9H17NO. The van der Waals surface area contributed by atoms with E-state index >= 15 is 0 Å². The van der Waals surface area contributed by atoms with E-state index in [4.69, 9.17) is 4.74 Å². The lowest BCUT2D eigenvalue weighted by Gasteiger charge is -2.30. The first-order valence-electron chi connectivity index (χ1n) is 4.54. The van der Waals surface area contributed by atoms with E-state index in [2.05, 4.69) is 25.7 Å². The van der Waals surface area contributed by atoms with Gasteiger partial charge in [-0.2, -0.15) is 0 Å². The maximum absolute atomic E-state index is 5.60. The van der Waals surface area contributed by atoms with Crippen LogP contribution in [-0.2, 0) is 4.74 Å². The molecule has 0 saturated carbocycles. The van der Waals surface area contributed by atoms with Gasteiger partial charge in [0.25, 0.3) is 0 Å². The summed E-state index contributed by atoms with van der Waals surface area (Å²) in [7, 11) is 0. The van der Waals surface area contributed by atoms with Crippen molar-refractivity contribution in [3.8, 4) is 0 Å². The molecule has 2 fully saturated rings. The predicted octanol–water partition coefficient (Wildman–Crippen LogP) is 1.26. The zero-order valence-corrected chi connectivity index (χ0v) is 7.63. The van der Waals surface area contributed by atoms with Crippen molar-refractivity contribution in [2.24, 2.45) is 0 Å². The number of epoxide rings is 1. The zero-order valence-electron chi connectivity index (χ0n) is 7.63. The quantitative estimate of drug-likeness (QED) is 0.530. The maximum Gasteiger partial charge on any atom is 0.0997 e. The SMILES string of the molecule is CC(C)N1CC[C@]2(C)O[C@H]2C1. The fourth-order valence-corrected chi connectivity index (χ4v) is 1.88. The number of fused-ring (bicyclic) bond motifs is 1. The number of rotatable bonds is 1. The molecular weight excluding hydrogens is 138 g/mol. The standard InChI is InChI=1S/C9H17NO/c1-7(2)10-5-4-9(3)8(6-10)11-9/h7-8H,4-6H2,1-3H3/t8-,9-/m0/s1. The monoisotopic (exact) mass is 155 g/mol. The van der Waals surface area contributed by atoms with Gasteiger partial charge in [-0.3, -0.25) is 4.90 Å². The molecule has 0 radical (unpaired) electrons. The Kier molecular flexibility index (Phi) is 1.52. The first-order chi connectivity index (χ1) is 5.12. The summed E-state index contributed by atoms with van der Waals surface area (Å²) >= 11 is 0. The van der Waals surface area contributed by atoms with Crippen LogP contribution in [0, 0.1) is 0 Å². The molecule has 0 aliphatic carbocycles. The molecule has 0 amide bonds. The van der Waals surface area contributed by atoms with Gasteiger partial charge >= 0.3 is 0 Å². The molecule has 0 N–H and O–H groups in total. The zero-order chi connectivity index (χ0) is 8.06. The molecule has 2 aliphatic rings. The summed E-state index contributed by atoms with van der Waals surface area (Å²) in [6.07, 6.45) is 1.76. The molecule has 0 aromatic rings. The van der Waals surface area contributed by atoms with Crippen LogP contribution in [0.25, 0.3) is 0 Å². The number of ether oxygens (including phenoxy) is 1. The fraction of sp³-hybridized carbons (Fsp3) is 1.00. The van der Waals surface area contributed by atoms with E-state index in [0.29, 0.717) is 12.1 Å². The molecule has 2 saturated heterocycles. The first kappa shape index (κ1) is 7.56. The van der Waals surface area contributed by atoms with E-state index in [1.54, 1.807) is 0 Å². The number of piperidine rings is 1. The topological polar surface area (TPSA) is 15.8 Å². The van der Waals surface area contributed by atoms with Gasteiger partial charge in [0.05, 0.1) is 11.7 Å². The van der Waals surface area contributed by atoms with Crippen LogP contribution >= 0.6 is 0 Å². The average Bonchev–Trinajstić information content (AvgIpc) is 2.58. The Morgan fingerprint density at radius 3 is 2.82 bits per heavy atom. The van der Waals surface area contributed by atoms with Crippen molar-refractivity contribution in [3.05, 3.63) is 0 Å². The summed E-state index contributed by atoms with van der Waals surface area (Å²) in [4.78, 5) is 2.50. The largest absolute Gasteiger partial charge is 0.365 e. The van der Waals surface area contributed by atoms with Crippen LogP contribution in [-0.4, -0.2) is 35.7 Å². The Morgan fingerprint density at radius 2 is 2.27 bits per heavy atom. The molecule has 2 rings (SSSR count). The minimum atomic E-state index is 0.269. The fourth-order valence-electron chi connectivity index (χ4n) is 1.88. The third kappa shape index (κ3) is 1.18. The van der Waals surface area contributed by atoms with E-state index in [0.717, 1.165) is 6.54 Å². The molecule has 2 atom stereocenters. The molecule has 2 aliphatic heterocycles. The second-order valence-electron chi connectivity index (χ2n) is 4.26. The Labute approximate surface area is 68.5 Å². The lowest BCUT2D eigenvalue weighted by Crippen LogP contribution is -2.42. The summed E-state index contributed by atoms with van der Waals surface area (Å²) in [6, 6.07) is 0.684. The van der Waals surface area contributed by atoms with Crippen molar-refractivity contribution in [2.75, 3.05) is 13.1 Å². The van der Waals surface area contributed by atoms with E-state index < -0.39 is 0 Å². The number of nitrogens with zero attached hydrogens (tertiary/aromatic N) is 1. The normalized spacial score (nSPS) is 44.2. The number of likely N-dealkylation sites (tertiary alicyclic amines) is 1. The van der Waals surface area contributed by atoms with Crippen LogP contribution in [0.1, 0.15) is 27.2 Å². The highest BCUT2D eigenvalue weighted by Crippen LogP contribution is 2.43. The number of hydrogen-bond acceptors (Lipinski definition) is 2. The average molecular weight is 155 g/mol. The van der Waals surface area contributed by atoms with Crippen molar-refractivity contribution >= 4 is 0 Å². The van der Waals surface area contributed by atoms with Gasteiger partial charge in [0.2, 0.25) is 0 Å². The highest BCUT2D eigenvalue weighted by molar-refractivity contribution is 5.04. The minimum absolute atomic E-state index is 0.269. The van der Waals surface area contributed by atoms with Crippen molar-refractivity contribution < 1.29 is 4.74 Å². The van der Waals surface area contributed by atoms with E-state index in [1.807, 2.05) is 0 Å². The van der Waals surface area contributed by atoms with Crippen molar-refractivity contribution in [1.29, 1.82) is 0 Å². The lowest BCUT2D eigenvalue weighted by molar-refractivity contribution is 0.187. The molecule has 0 bridgehead atoms. The van der Waals surface area contributed by atoms with Gasteiger partial charge in [0, 0.05) is 19.1 Å². The predicted molar refractivity (Wildman–Crippen MR) is 44.6 cm³/mol. The highest BCUT2D eigenvalue weighted by Gasteiger charge is 2.55. The summed E-state index contributed by atoms with van der Waals surface area (Å²) in [5, 5.41) is 0. The van der Waals surface area contributed by atoms with Gasteiger partial charge in [-0.1, -0.05) is 0 Å². The maximum atomic E-state index is 5.60. The lowest BCUT2D eigenvalue weighted by atomic mass is 9.98. The molecule has 11 heavy (non-hydrogen) atoms. The third-order valence-electron chi connectivity index (χ3n) is 3.06. The van der Waals surface area contributed by atoms with Crippen LogP contribution < -0.4 is 0 Å². The van der Waals surface area contributed by atoms with Gasteiger partial charge in [-0.15, -0.1) is 0 Å². The number of hydrogen-bond donors (Lipinski definition) is 0. The van der Waals surface area contributed by atoms with Crippen LogP contribution in [0.15, 0.2) is 0 Å². The van der Waals surface area contributed by atoms with Gasteiger partial charge < -0.3 is 4.74 Å². The van der Waals surface area contributed by atoms with E-state index in [-0.39, 0.29) is 5.60 Å². The molecule has 0 aromatic heterocycles. The summed E-state index contributed by atoms with van der Waals surface area (Å²) in [6.45, 7) is 9.10. The molecule has 2 heteroatoms. The van der Waals surface area contributed by atoms with Crippen molar-refractivity contribution in [2.45, 2.75) is 44.9 Å². The Bertz CT molecular complexity index is 169. The second-order valence-corrected chi connectivity index (χ2v) is 4.26. The highest BCUT2D eigenvalue weighted by atomic mass is 16.6.